The Balaban J connectivity index is 1.93. The molecule has 0 fully saturated rings. The average Bonchev–Trinajstić information content (AvgIpc) is 2.92. The van der Waals surface area contributed by atoms with Crippen molar-refractivity contribution in [1.29, 1.82) is 0 Å². The predicted octanol–water partition coefficient (Wildman–Crippen LogP) is 3.22. The molecule has 1 heterocycles. The number of nitro benzene ring substituents is 1. The molecule has 0 saturated heterocycles. The summed E-state index contributed by atoms with van der Waals surface area (Å²) in [5.41, 5.74) is 2.73. The third-order valence-electron chi connectivity index (χ3n) is 3.81. The second-order valence-electron chi connectivity index (χ2n) is 5.75. The number of non-ortho nitro benzene ring substituents is 1. The van der Waals surface area contributed by atoms with Gasteiger partial charge in [-0.1, -0.05) is 35.5 Å². The number of benzene rings is 2. The number of nitrogens with zero attached hydrogens (tertiary/aromatic N) is 3. The highest BCUT2D eigenvalue weighted by atomic mass is 32.1. The number of amides is 1. The van der Waals surface area contributed by atoms with Crippen molar-refractivity contribution in [3.8, 4) is 12.3 Å². The molecule has 6 nitrogen and oxygen atoms in total. The maximum atomic E-state index is 12.3. The minimum atomic E-state index is -0.474. The molecule has 1 aromatic heterocycles. The molecular formula is C19H15N3O3S. The highest BCUT2D eigenvalue weighted by molar-refractivity contribution is 7.16. The smallest absolute Gasteiger partial charge is 0.269 e. The number of fused-ring (bicyclic) bond motifs is 1. The van der Waals surface area contributed by atoms with Crippen LogP contribution in [-0.4, -0.2) is 15.4 Å². The maximum Gasteiger partial charge on any atom is 0.269 e. The fraction of sp³-hybridized carbons (Fsp3) is 0.158. The van der Waals surface area contributed by atoms with Crippen LogP contribution in [0.2, 0.25) is 0 Å². The molecule has 0 radical (unpaired) electrons. The second kappa shape index (κ2) is 7.33. The molecule has 3 aromatic rings. The first-order chi connectivity index (χ1) is 12.5. The first-order valence-corrected chi connectivity index (χ1v) is 8.64. The van der Waals surface area contributed by atoms with Crippen molar-refractivity contribution in [2.75, 3.05) is 0 Å². The van der Waals surface area contributed by atoms with Crippen molar-refractivity contribution >= 4 is 33.1 Å². The Morgan fingerprint density at radius 1 is 1.31 bits per heavy atom. The Morgan fingerprint density at radius 3 is 2.69 bits per heavy atom. The van der Waals surface area contributed by atoms with E-state index in [2.05, 4.69) is 10.9 Å². The summed E-state index contributed by atoms with van der Waals surface area (Å²) in [6, 6.07) is 11.9. The average molecular weight is 365 g/mol. The lowest BCUT2D eigenvalue weighted by Crippen LogP contribution is -2.17. The van der Waals surface area contributed by atoms with Gasteiger partial charge in [-0.2, -0.15) is 4.99 Å². The Morgan fingerprint density at radius 2 is 2.04 bits per heavy atom. The predicted molar refractivity (Wildman–Crippen MR) is 101 cm³/mol. The highest BCUT2D eigenvalue weighted by Gasteiger charge is 2.09. The van der Waals surface area contributed by atoms with E-state index in [1.165, 1.54) is 23.5 Å². The van der Waals surface area contributed by atoms with Gasteiger partial charge in [0, 0.05) is 12.1 Å². The van der Waals surface area contributed by atoms with Gasteiger partial charge in [-0.15, -0.1) is 6.42 Å². The van der Waals surface area contributed by atoms with Crippen molar-refractivity contribution in [1.82, 2.24) is 4.57 Å². The van der Waals surface area contributed by atoms with Crippen molar-refractivity contribution < 1.29 is 9.72 Å². The van der Waals surface area contributed by atoms with Crippen LogP contribution in [0.5, 0.6) is 0 Å². The number of carbonyl (C=O) groups is 1. The molecule has 130 valence electrons. The summed E-state index contributed by atoms with van der Waals surface area (Å²) >= 11 is 1.41. The van der Waals surface area contributed by atoms with E-state index in [1.54, 1.807) is 12.1 Å². The zero-order chi connectivity index (χ0) is 18.7. The molecule has 26 heavy (non-hydrogen) atoms. The molecule has 0 atom stereocenters. The third-order valence-corrected chi connectivity index (χ3v) is 4.85. The van der Waals surface area contributed by atoms with Gasteiger partial charge in [0.25, 0.3) is 11.6 Å². The van der Waals surface area contributed by atoms with Crippen molar-refractivity contribution in [3.05, 3.63) is 68.5 Å². The summed E-state index contributed by atoms with van der Waals surface area (Å²) in [7, 11) is 0. The van der Waals surface area contributed by atoms with E-state index in [0.717, 1.165) is 15.8 Å². The molecule has 0 N–H and O–H groups in total. The van der Waals surface area contributed by atoms with Gasteiger partial charge in [-0.05, 0) is 30.2 Å². The van der Waals surface area contributed by atoms with E-state index in [1.807, 2.05) is 29.7 Å². The maximum absolute atomic E-state index is 12.3. The van der Waals surface area contributed by atoms with Crippen molar-refractivity contribution in [2.24, 2.45) is 4.99 Å². The van der Waals surface area contributed by atoms with Gasteiger partial charge in [0.05, 0.1) is 28.1 Å². The third kappa shape index (κ3) is 3.71. The van der Waals surface area contributed by atoms with Gasteiger partial charge < -0.3 is 4.57 Å². The van der Waals surface area contributed by atoms with E-state index >= 15 is 0 Å². The standard InChI is InChI=1S/C19H15N3O3S/c1-3-10-21-16-9-4-13(2)11-17(16)26-19(21)20-18(23)12-14-5-7-15(8-6-14)22(24)25/h1,4-9,11H,10,12H2,2H3. The number of thiazole rings is 1. The minimum absolute atomic E-state index is 0.00937. The van der Waals surface area contributed by atoms with Crippen LogP contribution in [0.1, 0.15) is 11.1 Å². The molecule has 1 amide bonds. The van der Waals surface area contributed by atoms with E-state index in [9.17, 15) is 14.9 Å². The molecule has 0 spiro atoms. The summed E-state index contributed by atoms with van der Waals surface area (Å²) in [5, 5.41) is 10.7. The number of terminal acetylenes is 1. The quantitative estimate of drug-likeness (QED) is 0.405. The Kier molecular flexibility index (Phi) is 4.96. The van der Waals surface area contributed by atoms with Crippen molar-refractivity contribution in [2.45, 2.75) is 19.9 Å². The van der Waals surface area contributed by atoms with Crippen molar-refractivity contribution in [3.63, 3.8) is 0 Å². The minimum Gasteiger partial charge on any atom is -0.305 e. The number of hydrogen-bond donors (Lipinski definition) is 0. The zero-order valence-electron chi connectivity index (χ0n) is 14.0. The van der Waals surface area contributed by atoms with Crippen LogP contribution in [0.4, 0.5) is 5.69 Å². The highest BCUT2D eigenvalue weighted by Crippen LogP contribution is 2.19. The van der Waals surface area contributed by atoms with Gasteiger partial charge >= 0.3 is 0 Å². The van der Waals surface area contributed by atoms with Gasteiger partial charge in [-0.3, -0.25) is 14.9 Å². The van der Waals surface area contributed by atoms with E-state index in [4.69, 9.17) is 6.42 Å². The molecular weight excluding hydrogens is 350 g/mol. The van der Waals surface area contributed by atoms with E-state index in [-0.39, 0.29) is 18.0 Å². The first kappa shape index (κ1) is 17.6. The summed E-state index contributed by atoms with van der Waals surface area (Å²) in [6.07, 6.45) is 5.53. The Bertz CT molecular complexity index is 1100. The summed E-state index contributed by atoms with van der Waals surface area (Å²) < 4.78 is 2.86. The molecule has 0 aliphatic heterocycles. The molecule has 3 rings (SSSR count). The lowest BCUT2D eigenvalue weighted by Gasteiger charge is -2.00. The number of aromatic nitrogens is 1. The fourth-order valence-electron chi connectivity index (χ4n) is 2.57. The van der Waals surface area contributed by atoms with Gasteiger partial charge in [0.2, 0.25) is 0 Å². The van der Waals surface area contributed by atoms with Crippen LogP contribution in [0.25, 0.3) is 10.2 Å². The van der Waals surface area contributed by atoms with Crippen LogP contribution in [0.15, 0.2) is 47.5 Å². The molecule has 0 aliphatic carbocycles. The largest absolute Gasteiger partial charge is 0.305 e. The molecule has 0 saturated carbocycles. The zero-order valence-corrected chi connectivity index (χ0v) is 14.8. The SMILES string of the molecule is C#CCn1c(=NC(=O)Cc2ccc([N+](=O)[O-])cc2)sc2cc(C)ccc21. The number of rotatable bonds is 4. The van der Waals surface area contributed by atoms with Crippen LogP contribution in [0.3, 0.4) is 0 Å². The number of carbonyl (C=O) groups excluding carboxylic acids is 1. The summed E-state index contributed by atoms with van der Waals surface area (Å²) in [5.74, 6) is 2.27. The first-order valence-electron chi connectivity index (χ1n) is 7.82. The fourth-order valence-corrected chi connectivity index (χ4v) is 3.71. The van der Waals surface area contributed by atoms with Crippen LogP contribution >= 0.6 is 11.3 Å². The van der Waals surface area contributed by atoms with E-state index < -0.39 is 4.92 Å². The van der Waals surface area contributed by atoms with Crippen LogP contribution in [0, 0.1) is 29.4 Å². The molecule has 7 heteroatoms. The number of hydrogen-bond acceptors (Lipinski definition) is 4. The Hall–Kier alpha value is -3.24. The van der Waals surface area contributed by atoms with Gasteiger partial charge in [0.15, 0.2) is 4.80 Å². The Labute approximate surface area is 153 Å². The molecule has 0 unspecified atom stereocenters. The van der Waals surface area contributed by atoms with E-state index in [0.29, 0.717) is 16.9 Å². The summed E-state index contributed by atoms with van der Waals surface area (Å²) in [4.78, 5) is 27.3. The number of nitro groups is 1. The lowest BCUT2D eigenvalue weighted by atomic mass is 10.1. The molecule has 0 aliphatic rings. The van der Waals surface area contributed by atoms with Crippen LogP contribution < -0.4 is 4.80 Å². The number of aryl methyl sites for hydroxylation is 1. The lowest BCUT2D eigenvalue weighted by molar-refractivity contribution is -0.384. The van der Waals surface area contributed by atoms with Gasteiger partial charge in [0.1, 0.15) is 0 Å². The summed E-state index contributed by atoms with van der Waals surface area (Å²) in [6.45, 7) is 2.33. The monoisotopic (exact) mass is 365 g/mol. The van der Waals surface area contributed by atoms with Gasteiger partial charge in [-0.25, -0.2) is 0 Å². The second-order valence-corrected chi connectivity index (χ2v) is 6.76. The molecule has 2 aromatic carbocycles. The normalized spacial score (nSPS) is 11.5. The molecule has 0 bridgehead atoms. The topological polar surface area (TPSA) is 77.5 Å². The van der Waals surface area contributed by atoms with Crippen LogP contribution in [-0.2, 0) is 17.8 Å².